The fourth-order valence-corrected chi connectivity index (χ4v) is 2.82. The maximum absolute atomic E-state index is 12.3. The Morgan fingerprint density at radius 3 is 1.95 bits per heavy atom. The van der Waals surface area contributed by atoms with Crippen molar-refractivity contribution in [2.45, 2.75) is 85.5 Å². The molecule has 0 aliphatic carbocycles. The lowest BCUT2D eigenvalue weighted by Gasteiger charge is -2.14. The third-order valence-corrected chi connectivity index (χ3v) is 4.51. The van der Waals surface area contributed by atoms with Crippen molar-refractivity contribution < 1.29 is 5.21 Å². The smallest absolute Gasteiger partial charge is 0.188 e. The van der Waals surface area contributed by atoms with E-state index in [4.69, 9.17) is 0 Å². The van der Waals surface area contributed by atoms with Crippen molar-refractivity contribution >= 4 is 0 Å². The lowest BCUT2D eigenvalue weighted by atomic mass is 10.0. The third kappa shape index (κ3) is 4.90. The molecule has 0 saturated carbocycles. The molecule has 1 aromatic heterocycles. The minimum Gasteiger partial charge on any atom is -0.428 e. The van der Waals surface area contributed by atoms with Crippen LogP contribution in [0.2, 0.25) is 0 Å². The second-order valence-electron chi connectivity index (χ2n) is 6.14. The number of hydrogen-bond donors (Lipinski definition) is 1. The largest absolute Gasteiger partial charge is 0.428 e. The van der Waals surface area contributed by atoms with E-state index in [1.165, 1.54) is 44.9 Å². The first-order chi connectivity index (χ1) is 10.0. The molecule has 0 bridgehead atoms. The van der Waals surface area contributed by atoms with E-state index >= 15 is 0 Å². The van der Waals surface area contributed by atoms with E-state index in [0.29, 0.717) is 17.0 Å². The molecule has 0 fully saturated rings. The van der Waals surface area contributed by atoms with E-state index < -0.39 is 0 Å². The van der Waals surface area contributed by atoms with Gasteiger partial charge in [0.25, 0.3) is 0 Å². The van der Waals surface area contributed by atoms with Gasteiger partial charge in [-0.25, -0.2) is 0 Å². The minimum absolute atomic E-state index is 0.109. The van der Waals surface area contributed by atoms with Crippen molar-refractivity contribution in [1.82, 2.24) is 4.73 Å². The lowest BCUT2D eigenvalue weighted by molar-refractivity contribution is 0.169. The fourth-order valence-electron chi connectivity index (χ4n) is 2.82. The van der Waals surface area contributed by atoms with Crippen LogP contribution >= 0.6 is 0 Å². The van der Waals surface area contributed by atoms with E-state index in [9.17, 15) is 10.0 Å². The summed E-state index contributed by atoms with van der Waals surface area (Å²) in [4.78, 5) is 12.3. The van der Waals surface area contributed by atoms with Crippen LogP contribution in [0.4, 0.5) is 0 Å². The van der Waals surface area contributed by atoms with E-state index in [1.807, 2.05) is 6.92 Å². The van der Waals surface area contributed by atoms with Crippen molar-refractivity contribution in [2.24, 2.45) is 0 Å². The molecule has 0 saturated heterocycles. The highest BCUT2D eigenvalue weighted by molar-refractivity contribution is 5.29. The van der Waals surface area contributed by atoms with Crippen molar-refractivity contribution in [1.29, 1.82) is 0 Å². The Bertz CT molecular complexity index is 503. The van der Waals surface area contributed by atoms with E-state index in [0.717, 1.165) is 23.1 Å². The van der Waals surface area contributed by atoms with Gasteiger partial charge < -0.3 is 5.21 Å². The molecule has 21 heavy (non-hydrogen) atoms. The zero-order chi connectivity index (χ0) is 15.8. The summed E-state index contributed by atoms with van der Waals surface area (Å²) in [6.45, 7) is 7.64. The van der Waals surface area contributed by atoms with E-state index in [2.05, 4.69) is 6.92 Å². The normalized spacial score (nSPS) is 11.0. The molecule has 0 amide bonds. The second-order valence-corrected chi connectivity index (χ2v) is 6.14. The van der Waals surface area contributed by atoms with Gasteiger partial charge >= 0.3 is 0 Å². The Kier molecular flexibility index (Phi) is 7.55. The van der Waals surface area contributed by atoms with Crippen LogP contribution in [0.15, 0.2) is 4.79 Å². The van der Waals surface area contributed by atoms with Crippen LogP contribution in [0.1, 0.15) is 80.8 Å². The molecule has 0 unspecified atom stereocenters. The van der Waals surface area contributed by atoms with Gasteiger partial charge in [0, 0.05) is 11.1 Å². The zero-order valence-corrected chi connectivity index (χ0v) is 14.2. The summed E-state index contributed by atoms with van der Waals surface area (Å²) in [7, 11) is 0. The first-order valence-corrected chi connectivity index (χ1v) is 8.41. The number of unbranched alkanes of at least 4 members (excludes halogenated alkanes) is 7. The standard InChI is InChI=1S/C18H31NO2/c1-5-6-7-8-9-10-11-12-13-17-16(4)19(21)15(3)14(2)18(17)20/h21H,5-13H2,1-4H3. The Morgan fingerprint density at radius 1 is 0.857 bits per heavy atom. The topological polar surface area (TPSA) is 42.2 Å². The predicted octanol–water partition coefficient (Wildman–Crippen LogP) is 4.69. The average molecular weight is 293 g/mol. The van der Waals surface area contributed by atoms with Crippen molar-refractivity contribution in [3.63, 3.8) is 0 Å². The highest BCUT2D eigenvalue weighted by Crippen LogP contribution is 2.14. The zero-order valence-electron chi connectivity index (χ0n) is 14.2. The molecule has 0 aliphatic rings. The molecule has 0 aromatic carbocycles. The summed E-state index contributed by atoms with van der Waals surface area (Å²) in [6, 6.07) is 0. The molecule has 0 aliphatic heterocycles. The van der Waals surface area contributed by atoms with Crippen molar-refractivity contribution in [3.8, 4) is 0 Å². The van der Waals surface area contributed by atoms with Crippen molar-refractivity contribution in [2.75, 3.05) is 0 Å². The van der Waals surface area contributed by atoms with Gasteiger partial charge in [-0.15, -0.1) is 0 Å². The summed E-state index contributed by atoms with van der Waals surface area (Å²) in [5.41, 5.74) is 2.91. The molecule has 0 spiro atoms. The summed E-state index contributed by atoms with van der Waals surface area (Å²) in [6.07, 6.45) is 10.9. The molecular formula is C18H31NO2. The van der Waals surface area contributed by atoms with Crippen LogP contribution in [0.25, 0.3) is 0 Å². The van der Waals surface area contributed by atoms with Crippen LogP contribution in [0.3, 0.4) is 0 Å². The Balaban J connectivity index is 2.45. The predicted molar refractivity (Wildman–Crippen MR) is 88.4 cm³/mol. The first kappa shape index (κ1) is 17.8. The molecule has 1 rings (SSSR count). The van der Waals surface area contributed by atoms with Crippen LogP contribution in [0, 0.1) is 20.8 Å². The maximum Gasteiger partial charge on any atom is 0.188 e. The van der Waals surface area contributed by atoms with Gasteiger partial charge in [-0.2, -0.15) is 4.73 Å². The third-order valence-electron chi connectivity index (χ3n) is 4.51. The molecule has 0 radical (unpaired) electrons. The quantitative estimate of drug-likeness (QED) is 0.530. The molecule has 1 aromatic rings. The number of pyridine rings is 1. The average Bonchev–Trinajstić information content (AvgIpc) is 2.49. The van der Waals surface area contributed by atoms with Crippen LogP contribution in [-0.4, -0.2) is 9.94 Å². The second kappa shape index (κ2) is 8.91. The van der Waals surface area contributed by atoms with Gasteiger partial charge in [-0.05, 0) is 33.6 Å². The van der Waals surface area contributed by atoms with Crippen LogP contribution < -0.4 is 5.43 Å². The Morgan fingerprint density at radius 2 is 1.38 bits per heavy atom. The summed E-state index contributed by atoms with van der Waals surface area (Å²) < 4.78 is 1.16. The van der Waals surface area contributed by atoms with Gasteiger partial charge in [0.1, 0.15) is 0 Å². The number of rotatable bonds is 9. The number of hydrogen-bond acceptors (Lipinski definition) is 2. The maximum atomic E-state index is 12.3. The van der Waals surface area contributed by atoms with Crippen LogP contribution in [0.5, 0.6) is 0 Å². The van der Waals surface area contributed by atoms with Gasteiger partial charge in [0.15, 0.2) is 5.43 Å². The van der Waals surface area contributed by atoms with E-state index in [-0.39, 0.29) is 5.43 Å². The van der Waals surface area contributed by atoms with Gasteiger partial charge in [0.2, 0.25) is 0 Å². The van der Waals surface area contributed by atoms with E-state index in [1.54, 1.807) is 13.8 Å². The lowest BCUT2D eigenvalue weighted by Crippen LogP contribution is -2.22. The van der Waals surface area contributed by atoms with Crippen molar-refractivity contribution in [3.05, 3.63) is 32.7 Å². The fraction of sp³-hybridized carbons (Fsp3) is 0.722. The first-order valence-electron chi connectivity index (χ1n) is 8.41. The van der Waals surface area contributed by atoms with Gasteiger partial charge in [-0.1, -0.05) is 51.9 Å². The highest BCUT2D eigenvalue weighted by Gasteiger charge is 2.13. The molecule has 1 heterocycles. The minimum atomic E-state index is 0.109. The van der Waals surface area contributed by atoms with Gasteiger partial charge in [0.05, 0.1) is 11.4 Å². The number of nitrogens with zero attached hydrogens (tertiary/aromatic N) is 1. The summed E-state index contributed by atoms with van der Waals surface area (Å²) >= 11 is 0. The number of aromatic nitrogens is 1. The Hall–Kier alpha value is -1.25. The summed E-state index contributed by atoms with van der Waals surface area (Å²) in [5, 5.41) is 9.99. The monoisotopic (exact) mass is 293 g/mol. The SMILES string of the molecule is CCCCCCCCCCc1c(C)n(O)c(C)c(C)c1=O. The molecule has 3 heteroatoms. The van der Waals surface area contributed by atoms with Gasteiger partial charge in [-0.3, -0.25) is 4.79 Å². The molecule has 0 atom stereocenters. The molecule has 1 N–H and O–H groups in total. The molecule has 3 nitrogen and oxygen atoms in total. The molecular weight excluding hydrogens is 262 g/mol. The summed E-state index contributed by atoms with van der Waals surface area (Å²) in [5.74, 6) is 0. The highest BCUT2D eigenvalue weighted by atomic mass is 16.5. The Labute approximate surface area is 129 Å². The molecule has 120 valence electrons. The van der Waals surface area contributed by atoms with Crippen LogP contribution in [-0.2, 0) is 6.42 Å².